The van der Waals surface area contributed by atoms with Gasteiger partial charge in [-0.1, -0.05) is 38.1 Å². The minimum absolute atomic E-state index is 0.501. The van der Waals surface area contributed by atoms with Gasteiger partial charge in [-0.05, 0) is 47.7 Å². The Balaban J connectivity index is 2.23. The van der Waals surface area contributed by atoms with E-state index in [1.807, 2.05) is 24.3 Å². The molecule has 0 aliphatic carbocycles. The quantitative estimate of drug-likeness (QED) is 0.655. The first kappa shape index (κ1) is 14.0. The molecule has 2 aromatic carbocycles. The second-order valence-electron chi connectivity index (χ2n) is 5.06. The summed E-state index contributed by atoms with van der Waals surface area (Å²) in [5, 5.41) is 0. The Hall–Kier alpha value is -1.47. The Morgan fingerprint density at radius 1 is 1.05 bits per heavy atom. The third kappa shape index (κ3) is 3.51. The summed E-state index contributed by atoms with van der Waals surface area (Å²) < 4.78 is 5.96. The zero-order valence-electron chi connectivity index (χ0n) is 11.6. The van der Waals surface area contributed by atoms with Gasteiger partial charge in [-0.3, -0.25) is 0 Å². The first-order valence-corrected chi connectivity index (χ1v) is 7.07. The molecule has 0 saturated carbocycles. The maximum Gasteiger partial charge on any atom is 0.130 e. The lowest BCUT2D eigenvalue weighted by Gasteiger charge is -2.12. The van der Waals surface area contributed by atoms with E-state index in [1.165, 1.54) is 5.56 Å². The third-order valence-corrected chi connectivity index (χ3v) is 3.49. The lowest BCUT2D eigenvalue weighted by Crippen LogP contribution is -1.92. The molecule has 0 saturated heterocycles. The van der Waals surface area contributed by atoms with E-state index in [0.717, 1.165) is 22.6 Å². The normalized spacial score (nSPS) is 10.8. The van der Waals surface area contributed by atoms with Crippen LogP contribution in [-0.4, -0.2) is 0 Å². The summed E-state index contributed by atoms with van der Waals surface area (Å²) in [7, 11) is 0. The first-order valence-electron chi connectivity index (χ1n) is 6.53. The highest BCUT2D eigenvalue weighted by molar-refractivity contribution is 6.17. The number of hydrogen-bond donors (Lipinski definition) is 0. The van der Waals surface area contributed by atoms with Crippen LogP contribution in [-0.2, 0) is 5.88 Å². The molecule has 1 nitrogen and oxygen atoms in total. The van der Waals surface area contributed by atoms with Crippen molar-refractivity contribution in [1.29, 1.82) is 0 Å². The topological polar surface area (TPSA) is 9.23 Å². The molecule has 0 fully saturated rings. The van der Waals surface area contributed by atoms with Gasteiger partial charge in [0.15, 0.2) is 0 Å². The zero-order valence-corrected chi connectivity index (χ0v) is 12.4. The van der Waals surface area contributed by atoms with Gasteiger partial charge in [0, 0.05) is 5.88 Å². The standard InChI is InChI=1S/C17H19ClO/c1-12(2)15-7-4-13(3)17(10-15)19-16-8-5-14(11-18)6-9-16/h4-10,12H,11H2,1-3H3. The predicted molar refractivity (Wildman–Crippen MR) is 81.3 cm³/mol. The number of aryl methyl sites for hydroxylation is 1. The second-order valence-corrected chi connectivity index (χ2v) is 5.33. The lowest BCUT2D eigenvalue weighted by atomic mass is 10.0. The van der Waals surface area contributed by atoms with Crippen molar-refractivity contribution >= 4 is 11.6 Å². The number of alkyl halides is 1. The zero-order chi connectivity index (χ0) is 13.8. The molecular weight excluding hydrogens is 256 g/mol. The molecule has 2 rings (SSSR count). The van der Waals surface area contributed by atoms with Crippen molar-refractivity contribution < 1.29 is 4.74 Å². The van der Waals surface area contributed by atoms with Crippen molar-refractivity contribution in [2.75, 3.05) is 0 Å². The van der Waals surface area contributed by atoms with E-state index >= 15 is 0 Å². The van der Waals surface area contributed by atoms with Crippen LogP contribution in [0.2, 0.25) is 0 Å². The Bertz CT molecular complexity index is 544. The summed E-state index contributed by atoms with van der Waals surface area (Å²) in [4.78, 5) is 0. The van der Waals surface area contributed by atoms with E-state index in [0.29, 0.717) is 11.8 Å². The fraction of sp³-hybridized carbons (Fsp3) is 0.294. The van der Waals surface area contributed by atoms with Crippen LogP contribution in [0.4, 0.5) is 0 Å². The van der Waals surface area contributed by atoms with Crippen molar-refractivity contribution in [1.82, 2.24) is 0 Å². The maximum atomic E-state index is 5.96. The van der Waals surface area contributed by atoms with Crippen LogP contribution in [0.1, 0.15) is 36.5 Å². The van der Waals surface area contributed by atoms with Crippen LogP contribution in [0.5, 0.6) is 11.5 Å². The monoisotopic (exact) mass is 274 g/mol. The molecule has 0 aliphatic rings. The van der Waals surface area contributed by atoms with Crippen molar-refractivity contribution in [3.05, 3.63) is 59.2 Å². The summed E-state index contributed by atoms with van der Waals surface area (Å²) in [6, 6.07) is 14.3. The SMILES string of the molecule is Cc1ccc(C(C)C)cc1Oc1ccc(CCl)cc1. The second kappa shape index (κ2) is 6.12. The molecule has 2 aromatic rings. The van der Waals surface area contributed by atoms with Gasteiger partial charge in [0.05, 0.1) is 0 Å². The Labute approximate surface area is 120 Å². The van der Waals surface area contributed by atoms with E-state index in [2.05, 4.69) is 39.0 Å². The highest BCUT2D eigenvalue weighted by Crippen LogP contribution is 2.28. The third-order valence-electron chi connectivity index (χ3n) is 3.18. The maximum absolute atomic E-state index is 5.96. The molecule has 0 heterocycles. The molecule has 0 N–H and O–H groups in total. The predicted octanol–water partition coefficient (Wildman–Crippen LogP) is 5.65. The van der Waals surface area contributed by atoms with Crippen molar-refractivity contribution in [3.8, 4) is 11.5 Å². The molecule has 0 radical (unpaired) electrons. The van der Waals surface area contributed by atoms with Gasteiger partial charge in [0.25, 0.3) is 0 Å². The fourth-order valence-electron chi connectivity index (χ4n) is 1.86. The van der Waals surface area contributed by atoms with E-state index in [4.69, 9.17) is 16.3 Å². The molecule has 0 unspecified atom stereocenters. The molecule has 0 aliphatic heterocycles. The molecule has 0 amide bonds. The molecular formula is C17H19ClO. The minimum Gasteiger partial charge on any atom is -0.457 e. The van der Waals surface area contributed by atoms with Crippen LogP contribution in [0.25, 0.3) is 0 Å². The summed E-state index contributed by atoms with van der Waals surface area (Å²) in [5.74, 6) is 2.80. The largest absolute Gasteiger partial charge is 0.457 e. The van der Waals surface area contributed by atoms with Crippen LogP contribution >= 0.6 is 11.6 Å². The summed E-state index contributed by atoms with van der Waals surface area (Å²) in [5.41, 5.74) is 3.53. The smallest absolute Gasteiger partial charge is 0.130 e. The summed E-state index contributed by atoms with van der Waals surface area (Å²) in [6.07, 6.45) is 0. The van der Waals surface area contributed by atoms with Crippen molar-refractivity contribution in [2.45, 2.75) is 32.6 Å². The fourth-order valence-corrected chi connectivity index (χ4v) is 2.04. The molecule has 0 aromatic heterocycles. The van der Waals surface area contributed by atoms with Crippen LogP contribution in [0, 0.1) is 6.92 Å². The Morgan fingerprint density at radius 2 is 1.74 bits per heavy atom. The summed E-state index contributed by atoms with van der Waals surface area (Å²) in [6.45, 7) is 6.43. The number of benzene rings is 2. The Kier molecular flexibility index (Phi) is 4.49. The van der Waals surface area contributed by atoms with E-state index < -0.39 is 0 Å². The van der Waals surface area contributed by atoms with Gasteiger partial charge in [-0.25, -0.2) is 0 Å². The van der Waals surface area contributed by atoms with Gasteiger partial charge in [-0.2, -0.15) is 0 Å². The van der Waals surface area contributed by atoms with E-state index in [-0.39, 0.29) is 0 Å². The highest BCUT2D eigenvalue weighted by Gasteiger charge is 2.06. The molecule has 0 bridgehead atoms. The van der Waals surface area contributed by atoms with Gasteiger partial charge < -0.3 is 4.74 Å². The van der Waals surface area contributed by atoms with Gasteiger partial charge in [0.1, 0.15) is 11.5 Å². The number of halogens is 1. The summed E-state index contributed by atoms with van der Waals surface area (Å²) >= 11 is 5.78. The average Bonchev–Trinajstić information content (AvgIpc) is 2.42. The molecule has 0 atom stereocenters. The van der Waals surface area contributed by atoms with Crippen LogP contribution in [0.15, 0.2) is 42.5 Å². The highest BCUT2D eigenvalue weighted by atomic mass is 35.5. The van der Waals surface area contributed by atoms with Crippen molar-refractivity contribution in [2.24, 2.45) is 0 Å². The van der Waals surface area contributed by atoms with E-state index in [1.54, 1.807) is 0 Å². The van der Waals surface area contributed by atoms with Crippen LogP contribution in [0.3, 0.4) is 0 Å². The van der Waals surface area contributed by atoms with Crippen LogP contribution < -0.4 is 4.74 Å². The average molecular weight is 275 g/mol. The number of rotatable bonds is 4. The van der Waals surface area contributed by atoms with Gasteiger partial charge >= 0.3 is 0 Å². The minimum atomic E-state index is 0.501. The van der Waals surface area contributed by atoms with Crippen molar-refractivity contribution in [3.63, 3.8) is 0 Å². The lowest BCUT2D eigenvalue weighted by molar-refractivity contribution is 0.477. The molecule has 2 heteroatoms. The first-order chi connectivity index (χ1) is 9.10. The molecule has 19 heavy (non-hydrogen) atoms. The number of hydrogen-bond acceptors (Lipinski definition) is 1. The Morgan fingerprint density at radius 3 is 2.32 bits per heavy atom. The molecule has 100 valence electrons. The van der Waals surface area contributed by atoms with Gasteiger partial charge in [0.2, 0.25) is 0 Å². The number of ether oxygens (including phenoxy) is 1. The van der Waals surface area contributed by atoms with Gasteiger partial charge in [-0.15, -0.1) is 11.6 Å². The van der Waals surface area contributed by atoms with E-state index in [9.17, 15) is 0 Å². The molecule has 0 spiro atoms.